The van der Waals surface area contributed by atoms with Crippen molar-refractivity contribution in [3.63, 3.8) is 0 Å². The van der Waals surface area contributed by atoms with Crippen LogP contribution in [0.1, 0.15) is 59.2 Å². The van der Waals surface area contributed by atoms with Crippen LogP contribution in [-0.2, 0) is 6.54 Å². The Morgan fingerprint density at radius 1 is 0.909 bits per heavy atom. The van der Waals surface area contributed by atoms with E-state index in [2.05, 4.69) is 131 Å². The summed E-state index contributed by atoms with van der Waals surface area (Å²) in [6, 6.07) is 24.6. The molecule has 2 unspecified atom stereocenters. The van der Waals surface area contributed by atoms with Crippen molar-refractivity contribution in [3.8, 4) is 28.0 Å². The van der Waals surface area contributed by atoms with Gasteiger partial charge in [0, 0.05) is 42.7 Å². The van der Waals surface area contributed by atoms with Crippen molar-refractivity contribution in [1.82, 2.24) is 9.88 Å². The minimum Gasteiger partial charge on any atom is -0.496 e. The molecule has 2 atom stereocenters. The summed E-state index contributed by atoms with van der Waals surface area (Å²) in [4.78, 5) is 10.1. The fourth-order valence-corrected chi connectivity index (χ4v) is 6.50. The van der Waals surface area contributed by atoms with Gasteiger partial charge in [-0.05, 0) is 99.7 Å². The first-order valence-corrected chi connectivity index (χ1v) is 15.8. The van der Waals surface area contributed by atoms with E-state index in [1.165, 1.54) is 34.2 Å². The highest BCUT2D eigenvalue weighted by Gasteiger charge is 2.25. The van der Waals surface area contributed by atoms with Crippen molar-refractivity contribution in [2.24, 2.45) is 0 Å². The van der Waals surface area contributed by atoms with E-state index in [1.807, 2.05) is 6.08 Å². The second-order valence-electron chi connectivity index (χ2n) is 12.4. The van der Waals surface area contributed by atoms with Gasteiger partial charge >= 0.3 is 0 Å². The standard InChI is InChI=1S/C40H47N3O/c1-9-12-35(33-22-27(3)21-28(4)23-33)30(6)42(7)26-38-36(16-18-40(41-38)43-19-11-20-43)37-25-32(14-17-39(37)44-8)34-15-13-31(10-2)24-29(34)5/h9-10,13-18,21-25,30,35H,1-2,11-12,19-20,26H2,3-8H3. The molecule has 0 N–H and O–H groups in total. The Morgan fingerprint density at radius 3 is 2.25 bits per heavy atom. The SMILES string of the molecule is C=CCC(c1cc(C)cc(C)c1)C(C)N(C)Cc1nc(N2CCC2)ccc1-c1cc(-c2ccc(C=C)cc2C)ccc1OC. The molecule has 0 saturated carbocycles. The molecular weight excluding hydrogens is 538 g/mol. The number of hydrogen-bond acceptors (Lipinski definition) is 4. The van der Waals surface area contributed by atoms with E-state index in [-0.39, 0.29) is 6.04 Å². The van der Waals surface area contributed by atoms with Crippen LogP contribution in [0.15, 0.2) is 86.0 Å². The van der Waals surface area contributed by atoms with Gasteiger partial charge in [0.25, 0.3) is 0 Å². The molecule has 4 heteroatoms. The molecule has 0 aliphatic carbocycles. The topological polar surface area (TPSA) is 28.6 Å². The number of methoxy groups -OCH3 is 1. The molecule has 2 heterocycles. The lowest BCUT2D eigenvalue weighted by Crippen LogP contribution is -2.38. The van der Waals surface area contributed by atoms with E-state index < -0.39 is 0 Å². The first kappa shape index (κ1) is 31.3. The molecule has 0 bridgehead atoms. The van der Waals surface area contributed by atoms with Crippen molar-refractivity contribution in [2.75, 3.05) is 32.1 Å². The average Bonchev–Trinajstić information content (AvgIpc) is 2.98. The van der Waals surface area contributed by atoms with Gasteiger partial charge in [-0.2, -0.15) is 0 Å². The number of likely N-dealkylation sites (N-methyl/N-ethyl adjacent to an activating group) is 1. The smallest absolute Gasteiger partial charge is 0.128 e. The zero-order chi connectivity index (χ0) is 31.4. The Kier molecular flexibility index (Phi) is 9.71. The molecule has 4 nitrogen and oxygen atoms in total. The molecule has 0 amide bonds. The average molecular weight is 586 g/mol. The van der Waals surface area contributed by atoms with Crippen LogP contribution in [0.25, 0.3) is 28.3 Å². The molecule has 0 spiro atoms. The summed E-state index contributed by atoms with van der Waals surface area (Å²) >= 11 is 0. The van der Waals surface area contributed by atoms with Crippen molar-refractivity contribution in [1.29, 1.82) is 0 Å². The number of rotatable bonds is 12. The zero-order valence-electron chi connectivity index (χ0n) is 27.4. The van der Waals surface area contributed by atoms with Crippen LogP contribution >= 0.6 is 0 Å². The van der Waals surface area contributed by atoms with Gasteiger partial charge in [0.15, 0.2) is 0 Å². The number of aryl methyl sites for hydroxylation is 3. The summed E-state index contributed by atoms with van der Waals surface area (Å²) < 4.78 is 5.95. The van der Waals surface area contributed by atoms with E-state index in [0.29, 0.717) is 5.92 Å². The van der Waals surface area contributed by atoms with Gasteiger partial charge in [0.2, 0.25) is 0 Å². The minimum absolute atomic E-state index is 0.274. The number of benzene rings is 3. The summed E-state index contributed by atoms with van der Waals surface area (Å²) in [7, 11) is 3.98. The van der Waals surface area contributed by atoms with E-state index in [1.54, 1.807) is 7.11 Å². The lowest BCUT2D eigenvalue weighted by molar-refractivity contribution is 0.215. The Labute approximate surface area is 264 Å². The van der Waals surface area contributed by atoms with Crippen LogP contribution in [0.4, 0.5) is 5.82 Å². The number of hydrogen-bond donors (Lipinski definition) is 0. The fourth-order valence-electron chi connectivity index (χ4n) is 6.50. The summed E-state index contributed by atoms with van der Waals surface area (Å²) in [6.45, 7) is 19.8. The van der Waals surface area contributed by atoms with Crippen LogP contribution in [0.3, 0.4) is 0 Å². The maximum atomic E-state index is 5.95. The lowest BCUT2D eigenvalue weighted by atomic mass is 9.86. The Bertz CT molecular complexity index is 1630. The quantitative estimate of drug-likeness (QED) is 0.155. The highest BCUT2D eigenvalue weighted by Crippen LogP contribution is 2.39. The normalized spacial score (nSPS) is 14.2. The molecular formula is C40H47N3O. The zero-order valence-corrected chi connectivity index (χ0v) is 27.4. The summed E-state index contributed by atoms with van der Waals surface area (Å²) in [6.07, 6.45) is 6.09. The number of ether oxygens (including phenoxy) is 1. The summed E-state index contributed by atoms with van der Waals surface area (Å²) in [5.74, 6) is 2.24. The summed E-state index contributed by atoms with van der Waals surface area (Å²) in [5, 5.41) is 0. The number of anilines is 1. The molecule has 1 saturated heterocycles. The van der Waals surface area contributed by atoms with Crippen molar-refractivity contribution in [3.05, 3.63) is 119 Å². The first-order chi connectivity index (χ1) is 21.2. The molecule has 1 aromatic heterocycles. The molecule has 44 heavy (non-hydrogen) atoms. The number of nitrogens with zero attached hydrogens (tertiary/aromatic N) is 3. The highest BCUT2D eigenvalue weighted by atomic mass is 16.5. The van der Waals surface area contributed by atoms with Crippen LogP contribution < -0.4 is 9.64 Å². The molecule has 3 aromatic carbocycles. The molecule has 5 rings (SSSR count). The minimum atomic E-state index is 0.274. The molecule has 4 aromatic rings. The molecule has 1 fully saturated rings. The van der Waals surface area contributed by atoms with Gasteiger partial charge in [-0.15, -0.1) is 6.58 Å². The Balaban J connectivity index is 1.55. The van der Waals surface area contributed by atoms with Crippen LogP contribution in [0.5, 0.6) is 5.75 Å². The molecule has 1 aliphatic rings. The number of allylic oxidation sites excluding steroid dienone is 1. The highest BCUT2D eigenvalue weighted by molar-refractivity contribution is 5.80. The number of pyridine rings is 1. The van der Waals surface area contributed by atoms with Crippen LogP contribution in [0.2, 0.25) is 0 Å². The van der Waals surface area contributed by atoms with Crippen LogP contribution in [-0.4, -0.2) is 43.2 Å². The second-order valence-corrected chi connectivity index (χ2v) is 12.4. The second kappa shape index (κ2) is 13.7. The maximum Gasteiger partial charge on any atom is 0.128 e. The maximum absolute atomic E-state index is 5.95. The largest absolute Gasteiger partial charge is 0.496 e. The number of aromatic nitrogens is 1. The van der Waals surface area contributed by atoms with Crippen molar-refractivity contribution >= 4 is 11.9 Å². The van der Waals surface area contributed by atoms with Gasteiger partial charge in [0.05, 0.1) is 12.8 Å². The first-order valence-electron chi connectivity index (χ1n) is 15.8. The third-order valence-corrected chi connectivity index (χ3v) is 9.20. The van der Waals surface area contributed by atoms with Gasteiger partial charge in [-0.25, -0.2) is 4.98 Å². The van der Waals surface area contributed by atoms with E-state index >= 15 is 0 Å². The van der Waals surface area contributed by atoms with E-state index in [9.17, 15) is 0 Å². The van der Waals surface area contributed by atoms with Crippen molar-refractivity contribution in [2.45, 2.75) is 59.0 Å². The lowest BCUT2D eigenvalue weighted by Gasteiger charge is -2.34. The molecule has 228 valence electrons. The fraction of sp³-hybridized carbons (Fsp3) is 0.325. The van der Waals surface area contributed by atoms with Gasteiger partial charge in [-0.1, -0.05) is 72.3 Å². The Hall–Kier alpha value is -4.15. The Morgan fingerprint density at radius 2 is 1.64 bits per heavy atom. The van der Waals surface area contributed by atoms with Crippen molar-refractivity contribution < 1.29 is 4.74 Å². The van der Waals surface area contributed by atoms with Gasteiger partial charge < -0.3 is 9.64 Å². The molecule has 1 aliphatic heterocycles. The third-order valence-electron chi connectivity index (χ3n) is 9.20. The predicted molar refractivity (Wildman–Crippen MR) is 188 cm³/mol. The van der Waals surface area contributed by atoms with Crippen LogP contribution in [0, 0.1) is 20.8 Å². The van der Waals surface area contributed by atoms with Gasteiger partial charge in [0.1, 0.15) is 11.6 Å². The molecule has 0 radical (unpaired) electrons. The van der Waals surface area contributed by atoms with Gasteiger partial charge in [-0.3, -0.25) is 4.90 Å². The monoisotopic (exact) mass is 585 g/mol. The van der Waals surface area contributed by atoms with E-state index in [0.717, 1.165) is 65.6 Å². The predicted octanol–water partition coefficient (Wildman–Crippen LogP) is 9.38. The van der Waals surface area contributed by atoms with E-state index in [4.69, 9.17) is 9.72 Å². The summed E-state index contributed by atoms with van der Waals surface area (Å²) in [5.41, 5.74) is 11.9. The third kappa shape index (κ3) is 6.66.